The molecule has 0 aromatic carbocycles. The molecule has 3 fully saturated rings. The Morgan fingerprint density at radius 3 is 1.75 bits per heavy atom. The first kappa shape index (κ1) is 10.0. The molecule has 3 aliphatic heterocycles. The van der Waals surface area contributed by atoms with Crippen LogP contribution in [0.4, 0.5) is 0 Å². The molecule has 0 aliphatic carbocycles. The molecular weight excluding hydrogens is 208 g/mol. The third-order valence-corrected chi connectivity index (χ3v) is 3.54. The van der Waals surface area contributed by atoms with Crippen molar-refractivity contribution in [3.05, 3.63) is 0 Å². The van der Waals surface area contributed by atoms with Crippen molar-refractivity contribution in [2.45, 2.75) is 37.8 Å². The number of carbonyl (C=O) groups excluding carboxylic acids is 2. The van der Waals surface area contributed by atoms with Gasteiger partial charge in [-0.3, -0.25) is 19.6 Å². The van der Waals surface area contributed by atoms with Crippen molar-refractivity contribution >= 4 is 11.8 Å². The first-order chi connectivity index (χ1) is 7.79. The summed E-state index contributed by atoms with van der Waals surface area (Å²) in [6.45, 7) is 1.57. The van der Waals surface area contributed by atoms with Crippen LogP contribution in [-0.4, -0.2) is 47.0 Å². The summed E-state index contributed by atoms with van der Waals surface area (Å²) in [6.07, 6.45) is 3.42. The van der Waals surface area contributed by atoms with E-state index in [0.29, 0.717) is 0 Å². The minimum Gasteiger partial charge on any atom is -0.271 e. The third-order valence-electron chi connectivity index (χ3n) is 3.54. The van der Waals surface area contributed by atoms with E-state index in [9.17, 15) is 9.59 Å². The number of carbonyl (C=O) groups is 2. The first-order valence-electron chi connectivity index (χ1n) is 5.92. The van der Waals surface area contributed by atoms with Gasteiger partial charge in [-0.1, -0.05) is 0 Å². The first-order valence-corrected chi connectivity index (χ1v) is 5.92. The third kappa shape index (κ3) is 1.33. The second kappa shape index (κ2) is 3.71. The van der Waals surface area contributed by atoms with Crippen LogP contribution in [0.1, 0.15) is 25.7 Å². The van der Waals surface area contributed by atoms with E-state index < -0.39 is 0 Å². The molecule has 2 N–H and O–H groups in total. The summed E-state index contributed by atoms with van der Waals surface area (Å²) in [6, 6.07) is -0.605. The predicted octanol–water partition coefficient (Wildman–Crippen LogP) is -1.01. The van der Waals surface area contributed by atoms with Crippen LogP contribution in [0.25, 0.3) is 0 Å². The topological polar surface area (TPSA) is 64.7 Å². The van der Waals surface area contributed by atoms with Crippen LogP contribution < -0.4 is 10.9 Å². The molecule has 0 spiro atoms. The second-order valence-electron chi connectivity index (χ2n) is 4.55. The quantitative estimate of drug-likeness (QED) is 0.553. The summed E-state index contributed by atoms with van der Waals surface area (Å²) >= 11 is 0. The smallest absolute Gasteiger partial charge is 0.261 e. The van der Waals surface area contributed by atoms with E-state index in [2.05, 4.69) is 10.9 Å². The Morgan fingerprint density at radius 1 is 0.875 bits per heavy atom. The van der Waals surface area contributed by atoms with Crippen LogP contribution in [0.2, 0.25) is 0 Å². The lowest BCUT2D eigenvalue weighted by Crippen LogP contribution is -2.73. The Bertz CT molecular complexity index is 273. The Hall–Kier alpha value is -1.14. The van der Waals surface area contributed by atoms with Gasteiger partial charge in [0.25, 0.3) is 11.8 Å². The molecule has 16 heavy (non-hydrogen) atoms. The summed E-state index contributed by atoms with van der Waals surface area (Å²) in [5.74, 6) is 0.0769. The number of fused-ring (bicyclic) bond motifs is 2. The summed E-state index contributed by atoms with van der Waals surface area (Å²) in [5.41, 5.74) is 6.09. The SMILES string of the molecule is O=C1[C@@H]2CCCNN2C(=O)[C@H]2CCCNN12. The number of nitrogens with one attached hydrogen (secondary N) is 2. The number of hydrazine groups is 2. The number of hydrogen-bond acceptors (Lipinski definition) is 4. The van der Waals surface area contributed by atoms with E-state index in [4.69, 9.17) is 0 Å². The standard InChI is InChI=1S/C10H16N4O2/c15-9-7-3-1-5-11-13(7)10(16)8-4-2-6-12-14(8)9/h7-8,11-12H,1-6H2/t7-,8+. The van der Waals surface area contributed by atoms with Gasteiger partial charge in [0.2, 0.25) is 0 Å². The summed E-state index contributed by atoms with van der Waals surface area (Å²) < 4.78 is 0. The molecule has 2 atom stereocenters. The highest BCUT2D eigenvalue weighted by molar-refractivity contribution is 5.96. The highest BCUT2D eigenvalue weighted by atomic mass is 16.2. The van der Waals surface area contributed by atoms with Gasteiger partial charge in [0.1, 0.15) is 12.1 Å². The van der Waals surface area contributed by atoms with Crippen LogP contribution in [0.15, 0.2) is 0 Å². The largest absolute Gasteiger partial charge is 0.271 e. The summed E-state index contributed by atoms with van der Waals surface area (Å²) in [7, 11) is 0. The lowest BCUT2D eigenvalue weighted by Gasteiger charge is -2.48. The van der Waals surface area contributed by atoms with E-state index in [1.807, 2.05) is 0 Å². The molecule has 6 heteroatoms. The molecule has 3 aliphatic rings. The van der Waals surface area contributed by atoms with Gasteiger partial charge in [0.05, 0.1) is 0 Å². The van der Waals surface area contributed by atoms with E-state index >= 15 is 0 Å². The van der Waals surface area contributed by atoms with Gasteiger partial charge in [0, 0.05) is 13.1 Å². The molecule has 0 aromatic heterocycles. The predicted molar refractivity (Wildman–Crippen MR) is 55.7 cm³/mol. The number of nitrogens with zero attached hydrogens (tertiary/aromatic N) is 2. The fraction of sp³-hybridized carbons (Fsp3) is 0.800. The van der Waals surface area contributed by atoms with Crippen LogP contribution in [0.5, 0.6) is 0 Å². The molecule has 0 radical (unpaired) electrons. The van der Waals surface area contributed by atoms with Crippen molar-refractivity contribution in [2.24, 2.45) is 0 Å². The lowest BCUT2D eigenvalue weighted by atomic mass is 9.98. The van der Waals surface area contributed by atoms with Crippen LogP contribution in [-0.2, 0) is 9.59 Å². The van der Waals surface area contributed by atoms with E-state index in [-0.39, 0.29) is 23.9 Å². The van der Waals surface area contributed by atoms with Gasteiger partial charge in [-0.25, -0.2) is 10.9 Å². The fourth-order valence-electron chi connectivity index (χ4n) is 2.72. The number of amides is 2. The minimum atomic E-state index is -0.303. The maximum absolute atomic E-state index is 12.2. The van der Waals surface area contributed by atoms with Gasteiger partial charge in [-0.2, -0.15) is 0 Å². The molecular formula is C10H16N4O2. The van der Waals surface area contributed by atoms with Gasteiger partial charge in [-0.05, 0) is 25.7 Å². The maximum atomic E-state index is 12.2. The van der Waals surface area contributed by atoms with Crippen molar-refractivity contribution in [3.8, 4) is 0 Å². The molecule has 0 unspecified atom stereocenters. The molecule has 0 bridgehead atoms. The van der Waals surface area contributed by atoms with Crippen LogP contribution >= 0.6 is 0 Å². The summed E-state index contributed by atoms with van der Waals surface area (Å²) in [4.78, 5) is 24.3. The number of hydrogen-bond donors (Lipinski definition) is 2. The van der Waals surface area contributed by atoms with Gasteiger partial charge < -0.3 is 0 Å². The highest BCUT2D eigenvalue weighted by Crippen LogP contribution is 2.25. The Balaban J connectivity index is 1.89. The number of piperazine rings is 1. The second-order valence-corrected chi connectivity index (χ2v) is 4.55. The molecule has 3 rings (SSSR count). The Labute approximate surface area is 93.9 Å². The van der Waals surface area contributed by atoms with Crippen molar-refractivity contribution in [3.63, 3.8) is 0 Å². The molecule has 0 saturated carbocycles. The Kier molecular flexibility index (Phi) is 2.33. The van der Waals surface area contributed by atoms with E-state index in [0.717, 1.165) is 38.8 Å². The molecule has 88 valence electrons. The van der Waals surface area contributed by atoms with Crippen molar-refractivity contribution < 1.29 is 9.59 Å². The van der Waals surface area contributed by atoms with Crippen molar-refractivity contribution in [1.82, 2.24) is 20.9 Å². The summed E-state index contributed by atoms with van der Waals surface area (Å²) in [5, 5.41) is 3.11. The fourth-order valence-corrected chi connectivity index (χ4v) is 2.72. The molecule has 0 aromatic rings. The van der Waals surface area contributed by atoms with Crippen molar-refractivity contribution in [1.29, 1.82) is 0 Å². The van der Waals surface area contributed by atoms with Crippen LogP contribution in [0.3, 0.4) is 0 Å². The molecule has 2 amide bonds. The lowest BCUT2D eigenvalue weighted by molar-refractivity contribution is -0.174. The van der Waals surface area contributed by atoms with Gasteiger partial charge in [-0.15, -0.1) is 0 Å². The Morgan fingerprint density at radius 2 is 1.31 bits per heavy atom. The van der Waals surface area contributed by atoms with E-state index in [1.165, 1.54) is 0 Å². The zero-order valence-electron chi connectivity index (χ0n) is 9.11. The van der Waals surface area contributed by atoms with Crippen molar-refractivity contribution in [2.75, 3.05) is 13.1 Å². The molecule has 3 saturated heterocycles. The molecule has 3 heterocycles. The average Bonchev–Trinajstić information content (AvgIpc) is 2.36. The monoisotopic (exact) mass is 224 g/mol. The van der Waals surface area contributed by atoms with Gasteiger partial charge in [0.15, 0.2) is 0 Å². The maximum Gasteiger partial charge on any atom is 0.261 e. The normalized spacial score (nSPS) is 34.8. The van der Waals surface area contributed by atoms with Crippen LogP contribution in [0, 0.1) is 0 Å². The minimum absolute atomic E-state index is 0.0384. The number of rotatable bonds is 0. The highest BCUT2D eigenvalue weighted by Gasteiger charge is 2.47. The van der Waals surface area contributed by atoms with E-state index in [1.54, 1.807) is 10.0 Å². The zero-order chi connectivity index (χ0) is 11.1. The zero-order valence-corrected chi connectivity index (χ0v) is 9.11. The van der Waals surface area contributed by atoms with Gasteiger partial charge >= 0.3 is 0 Å². The molecule has 6 nitrogen and oxygen atoms in total. The average molecular weight is 224 g/mol.